The minimum absolute atomic E-state index is 0.687. The highest BCUT2D eigenvalue weighted by Crippen LogP contribution is 2.31. The molecule has 1 nitrogen and oxygen atoms in total. The highest BCUT2D eigenvalue weighted by molar-refractivity contribution is 4.83. The highest BCUT2D eigenvalue weighted by atomic mass is 14.9. The van der Waals surface area contributed by atoms with Crippen LogP contribution in [-0.4, -0.2) is 12.6 Å². The van der Waals surface area contributed by atoms with Crippen LogP contribution in [0.4, 0.5) is 0 Å². The summed E-state index contributed by atoms with van der Waals surface area (Å²) in [7, 11) is 0. The average molecular weight is 169 g/mol. The molecule has 0 aromatic carbocycles. The first kappa shape index (κ1) is 10.0. The first-order chi connectivity index (χ1) is 5.54. The Labute approximate surface area is 76.9 Å². The fourth-order valence-corrected chi connectivity index (χ4v) is 2.20. The Bertz CT molecular complexity index is 128. The van der Waals surface area contributed by atoms with E-state index in [4.69, 9.17) is 0 Å². The van der Waals surface area contributed by atoms with Gasteiger partial charge in [-0.2, -0.15) is 0 Å². The molecule has 0 amide bonds. The van der Waals surface area contributed by atoms with Crippen molar-refractivity contribution in [2.75, 3.05) is 6.54 Å². The lowest BCUT2D eigenvalue weighted by Gasteiger charge is -2.27. The minimum Gasteiger partial charge on any atom is -0.314 e. The summed E-state index contributed by atoms with van der Waals surface area (Å²) < 4.78 is 0. The van der Waals surface area contributed by atoms with E-state index in [0.29, 0.717) is 6.04 Å². The van der Waals surface area contributed by atoms with Gasteiger partial charge in [-0.15, -0.1) is 0 Å². The van der Waals surface area contributed by atoms with Gasteiger partial charge in [0.1, 0.15) is 0 Å². The van der Waals surface area contributed by atoms with Crippen molar-refractivity contribution in [3.8, 4) is 0 Å². The Morgan fingerprint density at radius 1 is 0.833 bits per heavy atom. The standard InChI is InChI=1S/C11H23N/c1-7-6-12-11(5)10(4)9(3)8(7)2/h7-12H,6H2,1-5H3. The molecule has 12 heavy (non-hydrogen) atoms. The van der Waals surface area contributed by atoms with Gasteiger partial charge in [-0.1, -0.05) is 27.7 Å². The fourth-order valence-electron chi connectivity index (χ4n) is 2.20. The van der Waals surface area contributed by atoms with Gasteiger partial charge >= 0.3 is 0 Å². The number of hydrogen-bond donors (Lipinski definition) is 1. The van der Waals surface area contributed by atoms with Crippen LogP contribution in [0.3, 0.4) is 0 Å². The lowest BCUT2D eigenvalue weighted by molar-refractivity contribution is 0.230. The van der Waals surface area contributed by atoms with Crippen molar-refractivity contribution in [3.63, 3.8) is 0 Å². The van der Waals surface area contributed by atoms with E-state index in [2.05, 4.69) is 39.9 Å². The Morgan fingerprint density at radius 2 is 1.42 bits per heavy atom. The maximum absolute atomic E-state index is 3.60. The fraction of sp³-hybridized carbons (Fsp3) is 1.00. The third-order valence-corrected chi connectivity index (χ3v) is 4.11. The van der Waals surface area contributed by atoms with E-state index in [1.54, 1.807) is 0 Å². The zero-order chi connectivity index (χ0) is 9.30. The van der Waals surface area contributed by atoms with Crippen molar-refractivity contribution >= 4 is 0 Å². The number of hydrogen-bond acceptors (Lipinski definition) is 1. The molecule has 5 atom stereocenters. The summed E-state index contributed by atoms with van der Waals surface area (Å²) in [4.78, 5) is 0. The maximum Gasteiger partial charge on any atom is 0.00671 e. The molecule has 1 N–H and O–H groups in total. The van der Waals surface area contributed by atoms with E-state index < -0.39 is 0 Å². The summed E-state index contributed by atoms with van der Waals surface area (Å²) >= 11 is 0. The summed E-state index contributed by atoms with van der Waals surface area (Å²) in [5.41, 5.74) is 0. The van der Waals surface area contributed by atoms with Crippen molar-refractivity contribution in [1.29, 1.82) is 0 Å². The molecule has 1 aliphatic rings. The molecule has 1 aliphatic heterocycles. The predicted molar refractivity (Wildman–Crippen MR) is 54.1 cm³/mol. The smallest absolute Gasteiger partial charge is 0.00671 e. The van der Waals surface area contributed by atoms with Crippen LogP contribution in [0.25, 0.3) is 0 Å². The number of nitrogens with one attached hydrogen (secondary N) is 1. The second-order valence-electron chi connectivity index (χ2n) is 4.75. The van der Waals surface area contributed by atoms with Crippen LogP contribution in [0.1, 0.15) is 34.6 Å². The van der Waals surface area contributed by atoms with E-state index in [1.165, 1.54) is 6.54 Å². The van der Waals surface area contributed by atoms with Gasteiger partial charge < -0.3 is 5.32 Å². The van der Waals surface area contributed by atoms with Crippen molar-refractivity contribution < 1.29 is 0 Å². The summed E-state index contributed by atoms with van der Waals surface area (Å²) in [6.45, 7) is 13.0. The van der Waals surface area contributed by atoms with Crippen molar-refractivity contribution in [1.82, 2.24) is 5.32 Å². The molecule has 0 radical (unpaired) electrons. The van der Waals surface area contributed by atoms with Crippen LogP contribution in [-0.2, 0) is 0 Å². The monoisotopic (exact) mass is 169 g/mol. The second-order valence-corrected chi connectivity index (χ2v) is 4.75. The lowest BCUT2D eigenvalue weighted by atomic mass is 9.78. The Balaban J connectivity index is 2.68. The molecule has 5 unspecified atom stereocenters. The lowest BCUT2D eigenvalue weighted by Crippen LogP contribution is -2.33. The third-order valence-electron chi connectivity index (χ3n) is 4.11. The average Bonchev–Trinajstić information content (AvgIpc) is 2.14. The molecule has 0 aromatic heterocycles. The largest absolute Gasteiger partial charge is 0.314 e. The van der Waals surface area contributed by atoms with Gasteiger partial charge in [0.05, 0.1) is 0 Å². The minimum atomic E-state index is 0.687. The quantitative estimate of drug-likeness (QED) is 0.587. The van der Waals surface area contributed by atoms with Gasteiger partial charge in [0.15, 0.2) is 0 Å². The molecule has 1 fully saturated rings. The van der Waals surface area contributed by atoms with Crippen LogP contribution >= 0.6 is 0 Å². The van der Waals surface area contributed by atoms with Crippen LogP contribution in [0.5, 0.6) is 0 Å². The molecular weight excluding hydrogens is 146 g/mol. The van der Waals surface area contributed by atoms with Gasteiger partial charge in [-0.3, -0.25) is 0 Å². The van der Waals surface area contributed by atoms with Crippen LogP contribution in [0.15, 0.2) is 0 Å². The zero-order valence-electron chi connectivity index (χ0n) is 9.09. The summed E-state index contributed by atoms with van der Waals surface area (Å²) in [5, 5.41) is 3.60. The van der Waals surface area contributed by atoms with Crippen LogP contribution < -0.4 is 5.32 Å². The normalized spacial score (nSPS) is 50.2. The van der Waals surface area contributed by atoms with Crippen molar-refractivity contribution in [2.45, 2.75) is 40.7 Å². The third kappa shape index (κ3) is 1.82. The Hall–Kier alpha value is -0.0400. The van der Waals surface area contributed by atoms with Crippen molar-refractivity contribution in [3.05, 3.63) is 0 Å². The molecule has 0 aliphatic carbocycles. The summed E-state index contributed by atoms with van der Waals surface area (Å²) in [6, 6.07) is 0.687. The molecular formula is C11H23N. The SMILES string of the molecule is CC1CNC(C)C(C)C(C)C1C. The summed E-state index contributed by atoms with van der Waals surface area (Å²) in [5.74, 6) is 3.35. The highest BCUT2D eigenvalue weighted by Gasteiger charge is 2.30. The Morgan fingerprint density at radius 3 is 2.00 bits per heavy atom. The molecule has 72 valence electrons. The van der Waals surface area contributed by atoms with E-state index in [9.17, 15) is 0 Å². The van der Waals surface area contributed by atoms with Crippen LogP contribution in [0, 0.1) is 23.7 Å². The molecule has 1 heteroatoms. The first-order valence-electron chi connectivity index (χ1n) is 5.27. The van der Waals surface area contributed by atoms with E-state index in [0.717, 1.165) is 23.7 Å². The van der Waals surface area contributed by atoms with E-state index in [-0.39, 0.29) is 0 Å². The van der Waals surface area contributed by atoms with E-state index >= 15 is 0 Å². The summed E-state index contributed by atoms with van der Waals surface area (Å²) in [6.07, 6.45) is 0. The van der Waals surface area contributed by atoms with Crippen molar-refractivity contribution in [2.24, 2.45) is 23.7 Å². The second kappa shape index (κ2) is 3.78. The predicted octanol–water partition coefficient (Wildman–Crippen LogP) is 2.52. The zero-order valence-corrected chi connectivity index (χ0v) is 9.09. The van der Waals surface area contributed by atoms with Gasteiger partial charge in [0.2, 0.25) is 0 Å². The molecule has 0 aromatic rings. The Kier molecular flexibility index (Phi) is 3.16. The first-order valence-corrected chi connectivity index (χ1v) is 5.27. The maximum atomic E-state index is 3.60. The van der Waals surface area contributed by atoms with Gasteiger partial charge in [-0.25, -0.2) is 0 Å². The topological polar surface area (TPSA) is 12.0 Å². The van der Waals surface area contributed by atoms with Crippen LogP contribution in [0.2, 0.25) is 0 Å². The molecule has 1 heterocycles. The molecule has 0 saturated carbocycles. The molecule has 0 spiro atoms. The molecule has 0 bridgehead atoms. The number of rotatable bonds is 0. The molecule has 1 saturated heterocycles. The van der Waals surface area contributed by atoms with Gasteiger partial charge in [-0.05, 0) is 37.1 Å². The van der Waals surface area contributed by atoms with Gasteiger partial charge in [0, 0.05) is 6.04 Å². The molecule has 1 rings (SSSR count). The van der Waals surface area contributed by atoms with E-state index in [1.807, 2.05) is 0 Å². The van der Waals surface area contributed by atoms with Gasteiger partial charge in [0.25, 0.3) is 0 Å².